The van der Waals surface area contributed by atoms with Gasteiger partial charge in [-0.3, -0.25) is 19.7 Å². The molecular formula is C16H24N4O4. The van der Waals surface area contributed by atoms with Gasteiger partial charge in [-0.1, -0.05) is 13.8 Å². The summed E-state index contributed by atoms with van der Waals surface area (Å²) in [5.41, 5.74) is 5.66. The van der Waals surface area contributed by atoms with E-state index in [0.717, 1.165) is 0 Å². The molecule has 2 amide bonds. The van der Waals surface area contributed by atoms with Crippen LogP contribution in [0.25, 0.3) is 0 Å². The fourth-order valence-corrected chi connectivity index (χ4v) is 2.05. The molecule has 1 rings (SSSR count). The van der Waals surface area contributed by atoms with Crippen LogP contribution in [0.1, 0.15) is 33.3 Å². The second kappa shape index (κ2) is 7.87. The summed E-state index contributed by atoms with van der Waals surface area (Å²) in [6.07, 6.45) is 0. The van der Waals surface area contributed by atoms with Crippen LogP contribution >= 0.6 is 0 Å². The van der Waals surface area contributed by atoms with Crippen LogP contribution < -0.4 is 16.4 Å². The van der Waals surface area contributed by atoms with Crippen LogP contribution in [0.15, 0.2) is 24.3 Å². The maximum absolute atomic E-state index is 12.0. The monoisotopic (exact) mass is 336 g/mol. The maximum Gasteiger partial charge on any atom is 0.269 e. The zero-order valence-electron chi connectivity index (χ0n) is 14.3. The Morgan fingerprint density at radius 3 is 2.25 bits per heavy atom. The lowest BCUT2D eigenvalue weighted by Gasteiger charge is -2.27. The van der Waals surface area contributed by atoms with Crippen molar-refractivity contribution in [2.75, 3.05) is 6.54 Å². The van der Waals surface area contributed by atoms with Crippen LogP contribution in [0.5, 0.6) is 0 Å². The molecule has 0 saturated carbocycles. The Hall–Kier alpha value is -2.48. The van der Waals surface area contributed by atoms with Gasteiger partial charge in [-0.15, -0.1) is 0 Å². The van der Waals surface area contributed by atoms with Gasteiger partial charge in [0.1, 0.15) is 0 Å². The van der Waals surface area contributed by atoms with Gasteiger partial charge in [-0.2, -0.15) is 0 Å². The SMILES string of the molecule is CC(C)[C@H](N)C(=O)NCC(=O)NC(C)(C)c1ccc([N+](=O)[O-])cc1. The molecule has 0 aliphatic rings. The highest BCUT2D eigenvalue weighted by Crippen LogP contribution is 2.22. The second-order valence-corrected chi connectivity index (χ2v) is 6.46. The average Bonchev–Trinajstić information content (AvgIpc) is 2.51. The lowest BCUT2D eigenvalue weighted by atomic mass is 9.94. The third kappa shape index (κ3) is 5.31. The summed E-state index contributed by atoms with van der Waals surface area (Å²) in [7, 11) is 0. The molecule has 8 heteroatoms. The number of carbonyl (C=O) groups is 2. The molecule has 1 aromatic rings. The number of amides is 2. The van der Waals surface area contributed by atoms with E-state index in [4.69, 9.17) is 5.73 Å². The van der Waals surface area contributed by atoms with Gasteiger partial charge in [0, 0.05) is 12.1 Å². The quantitative estimate of drug-likeness (QED) is 0.506. The van der Waals surface area contributed by atoms with Crippen LogP contribution in [0.3, 0.4) is 0 Å². The Kier molecular flexibility index (Phi) is 6.42. The van der Waals surface area contributed by atoms with Crippen LogP contribution in [-0.4, -0.2) is 29.3 Å². The molecule has 0 radical (unpaired) electrons. The highest BCUT2D eigenvalue weighted by atomic mass is 16.6. The van der Waals surface area contributed by atoms with Crippen molar-refractivity contribution in [1.29, 1.82) is 0 Å². The first-order chi connectivity index (χ1) is 11.0. The fraction of sp³-hybridized carbons (Fsp3) is 0.500. The Morgan fingerprint density at radius 1 is 1.25 bits per heavy atom. The molecule has 24 heavy (non-hydrogen) atoms. The summed E-state index contributed by atoms with van der Waals surface area (Å²) in [4.78, 5) is 34.0. The third-order valence-corrected chi connectivity index (χ3v) is 3.70. The van der Waals surface area contributed by atoms with E-state index < -0.39 is 16.5 Å². The van der Waals surface area contributed by atoms with Gasteiger partial charge in [-0.25, -0.2) is 0 Å². The normalized spacial score (nSPS) is 12.6. The molecule has 0 fully saturated rings. The average molecular weight is 336 g/mol. The molecule has 1 aromatic carbocycles. The first kappa shape index (κ1) is 19.6. The van der Waals surface area contributed by atoms with E-state index in [2.05, 4.69) is 10.6 Å². The van der Waals surface area contributed by atoms with Gasteiger partial charge >= 0.3 is 0 Å². The molecule has 0 aromatic heterocycles. The molecule has 0 spiro atoms. The lowest BCUT2D eigenvalue weighted by molar-refractivity contribution is -0.384. The van der Waals surface area contributed by atoms with E-state index in [1.807, 2.05) is 13.8 Å². The largest absolute Gasteiger partial charge is 0.346 e. The summed E-state index contributed by atoms with van der Waals surface area (Å²) in [6, 6.07) is 5.27. The van der Waals surface area contributed by atoms with Crippen molar-refractivity contribution >= 4 is 17.5 Å². The molecule has 0 aliphatic carbocycles. The van der Waals surface area contributed by atoms with Gasteiger partial charge in [0.2, 0.25) is 11.8 Å². The summed E-state index contributed by atoms with van der Waals surface area (Å²) in [5.74, 6) is -0.777. The smallest absolute Gasteiger partial charge is 0.269 e. The Morgan fingerprint density at radius 2 is 1.79 bits per heavy atom. The highest BCUT2D eigenvalue weighted by molar-refractivity contribution is 5.87. The minimum absolute atomic E-state index is 0.0178. The summed E-state index contributed by atoms with van der Waals surface area (Å²) < 4.78 is 0. The van der Waals surface area contributed by atoms with Crippen LogP contribution in [0, 0.1) is 16.0 Å². The number of non-ortho nitro benzene ring substituents is 1. The topological polar surface area (TPSA) is 127 Å². The third-order valence-electron chi connectivity index (χ3n) is 3.70. The maximum atomic E-state index is 12.0. The van der Waals surface area contributed by atoms with Crippen LogP contribution in [0.4, 0.5) is 5.69 Å². The number of nitrogens with two attached hydrogens (primary N) is 1. The van der Waals surface area contributed by atoms with Crippen molar-refractivity contribution < 1.29 is 14.5 Å². The minimum atomic E-state index is -0.739. The van der Waals surface area contributed by atoms with E-state index >= 15 is 0 Å². The van der Waals surface area contributed by atoms with Gasteiger partial charge in [0.15, 0.2) is 0 Å². The van der Waals surface area contributed by atoms with Crippen molar-refractivity contribution in [2.24, 2.45) is 11.7 Å². The number of carbonyl (C=O) groups excluding carboxylic acids is 2. The molecule has 0 aliphatic heterocycles. The number of nitrogens with zero attached hydrogens (tertiary/aromatic N) is 1. The summed E-state index contributed by atoms with van der Waals surface area (Å²) >= 11 is 0. The fourth-order valence-electron chi connectivity index (χ4n) is 2.05. The summed E-state index contributed by atoms with van der Waals surface area (Å²) in [5, 5.41) is 16.0. The zero-order valence-corrected chi connectivity index (χ0v) is 14.3. The molecule has 8 nitrogen and oxygen atoms in total. The molecular weight excluding hydrogens is 312 g/mol. The number of benzene rings is 1. The van der Waals surface area contributed by atoms with Crippen molar-refractivity contribution in [3.05, 3.63) is 39.9 Å². The number of hydrogen-bond acceptors (Lipinski definition) is 5. The predicted octanol–water partition coefficient (Wildman–Crippen LogP) is 1.05. The first-order valence-electron chi connectivity index (χ1n) is 7.64. The van der Waals surface area contributed by atoms with Gasteiger partial charge in [0.05, 0.1) is 23.0 Å². The Labute approximate surface area is 140 Å². The van der Waals surface area contributed by atoms with E-state index in [1.54, 1.807) is 26.0 Å². The van der Waals surface area contributed by atoms with Crippen LogP contribution in [0.2, 0.25) is 0 Å². The number of nitrogens with one attached hydrogen (secondary N) is 2. The molecule has 0 unspecified atom stereocenters. The second-order valence-electron chi connectivity index (χ2n) is 6.46. The number of nitro benzene ring substituents is 1. The van der Waals surface area contributed by atoms with Crippen molar-refractivity contribution in [2.45, 2.75) is 39.3 Å². The standard InChI is InChI=1S/C16H24N4O4/c1-10(2)14(17)15(22)18-9-13(21)19-16(3,4)11-5-7-12(8-6-11)20(23)24/h5-8,10,14H,9,17H2,1-4H3,(H,18,22)(H,19,21)/t14-/m0/s1. The first-order valence-corrected chi connectivity index (χ1v) is 7.64. The molecule has 0 bridgehead atoms. The highest BCUT2D eigenvalue weighted by Gasteiger charge is 2.24. The molecule has 4 N–H and O–H groups in total. The van der Waals surface area contributed by atoms with E-state index in [1.165, 1.54) is 12.1 Å². The number of rotatable bonds is 7. The van der Waals surface area contributed by atoms with Gasteiger partial charge in [-0.05, 0) is 37.5 Å². The van der Waals surface area contributed by atoms with E-state index in [9.17, 15) is 19.7 Å². The van der Waals surface area contributed by atoms with Crippen molar-refractivity contribution in [3.63, 3.8) is 0 Å². The predicted molar refractivity (Wildman–Crippen MR) is 90.1 cm³/mol. The van der Waals surface area contributed by atoms with Crippen molar-refractivity contribution in [1.82, 2.24) is 10.6 Å². The van der Waals surface area contributed by atoms with Gasteiger partial charge < -0.3 is 16.4 Å². The van der Waals surface area contributed by atoms with E-state index in [-0.39, 0.29) is 30.0 Å². The van der Waals surface area contributed by atoms with Crippen molar-refractivity contribution in [3.8, 4) is 0 Å². The lowest BCUT2D eigenvalue weighted by Crippen LogP contribution is -2.50. The zero-order chi connectivity index (χ0) is 18.5. The van der Waals surface area contributed by atoms with Gasteiger partial charge in [0.25, 0.3) is 5.69 Å². The molecule has 132 valence electrons. The van der Waals surface area contributed by atoms with Crippen LogP contribution in [-0.2, 0) is 15.1 Å². The van der Waals surface area contributed by atoms with E-state index in [0.29, 0.717) is 5.56 Å². The minimum Gasteiger partial charge on any atom is -0.346 e. The molecule has 0 saturated heterocycles. The molecule has 0 heterocycles. The summed E-state index contributed by atoms with van der Waals surface area (Å²) in [6.45, 7) is 7.00. The Bertz CT molecular complexity index is 611. The Balaban J connectivity index is 2.64. The number of nitro groups is 1. The molecule has 1 atom stereocenters. The number of hydrogen-bond donors (Lipinski definition) is 3.